The van der Waals surface area contributed by atoms with E-state index >= 15 is 0 Å². The molecule has 0 bridgehead atoms. The van der Waals surface area contributed by atoms with Crippen molar-refractivity contribution in [1.82, 2.24) is 0 Å². The maximum absolute atomic E-state index is 9.60. The summed E-state index contributed by atoms with van der Waals surface area (Å²) in [6, 6.07) is 0. The van der Waals surface area contributed by atoms with E-state index in [4.69, 9.17) is 10.2 Å². The van der Waals surface area contributed by atoms with Gasteiger partial charge in [0.2, 0.25) is 0 Å². The normalized spacial score (nSPS) is 10.6. The van der Waals surface area contributed by atoms with E-state index in [0.29, 0.717) is 6.61 Å². The van der Waals surface area contributed by atoms with Crippen molar-refractivity contribution in [3.63, 3.8) is 0 Å². The number of carboxylic acids is 1. The fourth-order valence-electron chi connectivity index (χ4n) is 0.142. The Labute approximate surface area is 69.9 Å². The highest BCUT2D eigenvalue weighted by Crippen LogP contribution is 1.73. The average Bonchev–Trinajstić information content (AvgIpc) is 1.87. The van der Waals surface area contributed by atoms with E-state index in [9.17, 15) is 9.59 Å². The summed E-state index contributed by atoms with van der Waals surface area (Å²) in [7, 11) is 0. The third-order valence-corrected chi connectivity index (χ3v) is 0.644. The zero-order valence-electron chi connectivity index (χ0n) is 6.98. The van der Waals surface area contributed by atoms with Gasteiger partial charge >= 0.3 is 12.1 Å². The number of carboxylic acid groups (broad SMARTS) is 1. The number of hydrogen-bond acceptors (Lipinski definition) is 4. The maximum atomic E-state index is 9.60. The van der Waals surface area contributed by atoms with Crippen LogP contribution in [0.5, 0.6) is 0 Å². The highest BCUT2D eigenvalue weighted by molar-refractivity contribution is 5.71. The van der Waals surface area contributed by atoms with E-state index in [1.54, 1.807) is 6.92 Å². The quantitative estimate of drug-likeness (QED) is 0.532. The summed E-state index contributed by atoms with van der Waals surface area (Å²) < 4.78 is 4.18. The van der Waals surface area contributed by atoms with E-state index in [-0.39, 0.29) is 0 Å². The first-order valence-corrected chi connectivity index (χ1v) is 3.24. The molecule has 0 rings (SSSR count). The average molecular weight is 179 g/mol. The van der Waals surface area contributed by atoms with Crippen LogP contribution in [0.15, 0.2) is 0 Å². The van der Waals surface area contributed by atoms with E-state index in [2.05, 4.69) is 10.5 Å². The molecule has 0 spiro atoms. The van der Waals surface area contributed by atoms with Crippen LogP contribution in [0, 0.1) is 0 Å². The van der Waals surface area contributed by atoms with Crippen molar-refractivity contribution < 1.29 is 24.5 Å². The van der Waals surface area contributed by atoms with Crippen LogP contribution in [0.1, 0.15) is 13.8 Å². The minimum Gasteiger partial charge on any atom is -0.479 e. The molecule has 0 saturated carbocycles. The fraction of sp³-hybridized carbons (Fsp3) is 0.667. The molecule has 0 radical (unpaired) electrons. The lowest BCUT2D eigenvalue weighted by molar-refractivity contribution is -0.145. The number of aliphatic hydroxyl groups excluding tert-OH is 1. The third kappa shape index (κ3) is 15.9. The number of rotatable bonds is 2. The molecule has 0 aliphatic rings. The molecule has 6 nitrogen and oxygen atoms in total. The predicted molar refractivity (Wildman–Crippen MR) is 40.5 cm³/mol. The van der Waals surface area contributed by atoms with Crippen molar-refractivity contribution >= 4 is 12.1 Å². The Morgan fingerprint density at radius 2 is 1.92 bits per heavy atom. The largest absolute Gasteiger partial charge is 0.479 e. The summed E-state index contributed by atoms with van der Waals surface area (Å²) >= 11 is 0. The van der Waals surface area contributed by atoms with Crippen molar-refractivity contribution in [2.45, 2.75) is 20.0 Å². The standard InChI is InChI=1S/C3H7NO2.C3H6O3/c1-2-6-3(4)5;1-2(4)3(5)6/h2H2,1H3,(H2,4,5);2,4H,1H3,(H,5,6). The Bertz CT molecular complexity index is 145. The second-order valence-electron chi connectivity index (χ2n) is 1.77. The van der Waals surface area contributed by atoms with Gasteiger partial charge in [-0.15, -0.1) is 0 Å². The minimum absolute atomic E-state index is 0.356. The lowest BCUT2D eigenvalue weighted by Crippen LogP contribution is -2.13. The number of carbonyl (C=O) groups is 2. The highest BCUT2D eigenvalue weighted by Gasteiger charge is 2.01. The molecule has 0 aromatic carbocycles. The summed E-state index contributed by atoms with van der Waals surface area (Å²) in [5.41, 5.74) is 4.54. The van der Waals surface area contributed by atoms with E-state index in [1.165, 1.54) is 6.92 Å². The molecule has 0 aliphatic heterocycles. The Kier molecular flexibility index (Phi) is 8.65. The number of amides is 1. The van der Waals surface area contributed by atoms with E-state index < -0.39 is 18.2 Å². The number of aliphatic carboxylic acids is 1. The van der Waals surface area contributed by atoms with Gasteiger partial charge in [-0.25, -0.2) is 9.59 Å². The Morgan fingerprint density at radius 3 is 1.92 bits per heavy atom. The number of hydrogen-bond donors (Lipinski definition) is 3. The summed E-state index contributed by atoms with van der Waals surface area (Å²) in [5, 5.41) is 15.8. The first kappa shape index (κ1) is 13.3. The molecule has 12 heavy (non-hydrogen) atoms. The first-order valence-electron chi connectivity index (χ1n) is 3.24. The molecule has 0 aliphatic carbocycles. The predicted octanol–water partition coefficient (Wildman–Crippen LogP) is -0.447. The van der Waals surface area contributed by atoms with Gasteiger partial charge in [0.1, 0.15) is 6.10 Å². The molecule has 4 N–H and O–H groups in total. The molecule has 0 fully saturated rings. The minimum atomic E-state index is -1.23. The molecular weight excluding hydrogens is 166 g/mol. The lowest BCUT2D eigenvalue weighted by atomic mass is 10.4. The summed E-state index contributed by atoms with van der Waals surface area (Å²) in [6.45, 7) is 3.25. The Morgan fingerprint density at radius 1 is 1.58 bits per heavy atom. The van der Waals surface area contributed by atoms with Gasteiger partial charge in [-0.05, 0) is 13.8 Å². The second-order valence-corrected chi connectivity index (χ2v) is 1.77. The van der Waals surface area contributed by atoms with Crippen molar-refractivity contribution in [1.29, 1.82) is 0 Å². The summed E-state index contributed by atoms with van der Waals surface area (Å²) in [4.78, 5) is 19.0. The van der Waals surface area contributed by atoms with Crippen molar-refractivity contribution in [2.24, 2.45) is 5.73 Å². The van der Waals surface area contributed by atoms with Crippen LogP contribution in [0.4, 0.5) is 4.79 Å². The molecule has 1 amide bonds. The van der Waals surface area contributed by atoms with Crippen molar-refractivity contribution in [3.05, 3.63) is 0 Å². The molecular formula is C6H13NO5. The number of nitrogens with two attached hydrogens (primary N) is 1. The maximum Gasteiger partial charge on any atom is 0.404 e. The van der Waals surface area contributed by atoms with E-state index in [1.807, 2.05) is 0 Å². The molecule has 0 aromatic heterocycles. The van der Waals surface area contributed by atoms with Crippen LogP contribution in [-0.4, -0.2) is 35.0 Å². The zero-order chi connectivity index (χ0) is 10.1. The zero-order valence-corrected chi connectivity index (χ0v) is 6.98. The Hall–Kier alpha value is -1.30. The summed E-state index contributed by atoms with van der Waals surface area (Å²) in [6.07, 6.45) is -1.94. The third-order valence-electron chi connectivity index (χ3n) is 0.644. The van der Waals surface area contributed by atoms with Crippen LogP contribution in [0.3, 0.4) is 0 Å². The van der Waals surface area contributed by atoms with Crippen LogP contribution >= 0.6 is 0 Å². The number of ether oxygens (including phenoxy) is 1. The molecule has 0 saturated heterocycles. The van der Waals surface area contributed by atoms with Gasteiger partial charge in [-0.3, -0.25) is 0 Å². The molecule has 0 aromatic rings. The van der Waals surface area contributed by atoms with Gasteiger partial charge in [-0.2, -0.15) is 0 Å². The highest BCUT2D eigenvalue weighted by atomic mass is 16.5. The van der Waals surface area contributed by atoms with Gasteiger partial charge < -0.3 is 20.7 Å². The molecule has 0 heterocycles. The van der Waals surface area contributed by atoms with Gasteiger partial charge in [0.15, 0.2) is 0 Å². The first-order chi connectivity index (χ1) is 5.41. The topological polar surface area (TPSA) is 110 Å². The molecule has 1 unspecified atom stereocenters. The van der Waals surface area contributed by atoms with Gasteiger partial charge in [0.25, 0.3) is 0 Å². The fourth-order valence-corrected chi connectivity index (χ4v) is 0.142. The van der Waals surface area contributed by atoms with Crippen LogP contribution < -0.4 is 5.73 Å². The van der Waals surface area contributed by atoms with Crippen LogP contribution in [0.2, 0.25) is 0 Å². The number of aliphatic hydroxyl groups is 1. The number of carbonyl (C=O) groups excluding carboxylic acids is 1. The van der Waals surface area contributed by atoms with Gasteiger partial charge in [0.05, 0.1) is 6.61 Å². The SMILES string of the molecule is CC(O)C(=O)O.CCOC(N)=O. The van der Waals surface area contributed by atoms with Crippen LogP contribution in [-0.2, 0) is 9.53 Å². The number of primary amides is 1. The van der Waals surface area contributed by atoms with Crippen LogP contribution in [0.25, 0.3) is 0 Å². The Balaban J connectivity index is 0. The van der Waals surface area contributed by atoms with Crippen molar-refractivity contribution in [2.75, 3.05) is 6.61 Å². The van der Waals surface area contributed by atoms with E-state index in [0.717, 1.165) is 0 Å². The monoisotopic (exact) mass is 179 g/mol. The smallest absolute Gasteiger partial charge is 0.404 e. The molecule has 1 atom stereocenters. The lowest BCUT2D eigenvalue weighted by Gasteiger charge is -1.89. The van der Waals surface area contributed by atoms with Crippen molar-refractivity contribution in [3.8, 4) is 0 Å². The summed E-state index contributed by atoms with van der Waals surface area (Å²) in [5.74, 6) is -1.19. The van der Waals surface area contributed by atoms with Gasteiger partial charge in [0, 0.05) is 0 Å². The van der Waals surface area contributed by atoms with Gasteiger partial charge in [-0.1, -0.05) is 0 Å². The molecule has 6 heteroatoms. The molecule has 72 valence electrons. The second kappa shape index (κ2) is 7.80.